The molecule has 0 saturated carbocycles. The summed E-state index contributed by atoms with van der Waals surface area (Å²) in [4.78, 5) is 10.2. The molecule has 0 aliphatic carbocycles. The van der Waals surface area contributed by atoms with E-state index in [1.807, 2.05) is 0 Å². The van der Waals surface area contributed by atoms with Crippen molar-refractivity contribution >= 4 is 21.6 Å². The summed E-state index contributed by atoms with van der Waals surface area (Å²) < 4.78 is 5.93. The first kappa shape index (κ1) is 11.9. The minimum atomic E-state index is -0.483. The Bertz CT molecular complexity index is 370. The molecule has 0 aliphatic rings. The number of rotatable bonds is 4. The highest BCUT2D eigenvalue weighted by atomic mass is 79.9. The molecule has 0 aliphatic heterocycles. The molecule has 1 unspecified atom stereocenters. The maximum Gasteiger partial charge on any atom is 0.312 e. The van der Waals surface area contributed by atoms with Gasteiger partial charge < -0.3 is 10.5 Å². The van der Waals surface area contributed by atoms with Crippen LogP contribution in [0, 0.1) is 10.1 Å². The second-order valence-corrected chi connectivity index (χ2v) is 3.86. The molecule has 0 spiro atoms. The van der Waals surface area contributed by atoms with Crippen LogP contribution in [0.2, 0.25) is 0 Å². The topological polar surface area (TPSA) is 78.4 Å². The van der Waals surface area contributed by atoms with Gasteiger partial charge in [0, 0.05) is 12.6 Å². The largest absolute Gasteiger partial charge is 0.482 e. The Balaban J connectivity index is 3.07. The smallest absolute Gasteiger partial charge is 0.312 e. The zero-order chi connectivity index (χ0) is 11.4. The molecule has 0 bridgehead atoms. The summed E-state index contributed by atoms with van der Waals surface area (Å²) >= 11 is 3.20. The van der Waals surface area contributed by atoms with E-state index in [1.54, 1.807) is 19.1 Å². The van der Waals surface area contributed by atoms with Crippen molar-refractivity contribution in [3.05, 3.63) is 32.8 Å². The fourth-order valence-electron chi connectivity index (χ4n) is 1.01. The summed E-state index contributed by atoms with van der Waals surface area (Å²) in [5.41, 5.74) is 5.32. The van der Waals surface area contributed by atoms with Gasteiger partial charge in [-0.05, 0) is 28.9 Å². The third-order valence-electron chi connectivity index (χ3n) is 1.79. The summed E-state index contributed by atoms with van der Waals surface area (Å²) in [7, 11) is 0. The average molecular weight is 275 g/mol. The van der Waals surface area contributed by atoms with E-state index in [4.69, 9.17) is 10.5 Å². The van der Waals surface area contributed by atoms with Crippen LogP contribution in [0.5, 0.6) is 5.75 Å². The maximum atomic E-state index is 10.7. The minimum Gasteiger partial charge on any atom is -0.482 e. The number of hydrogen-bond donors (Lipinski definition) is 1. The fraction of sp³-hybridized carbons (Fsp3) is 0.333. The molecular weight excluding hydrogens is 264 g/mol. The molecule has 1 aromatic carbocycles. The molecule has 1 rings (SSSR count). The van der Waals surface area contributed by atoms with Gasteiger partial charge in [-0.25, -0.2) is 0 Å². The van der Waals surface area contributed by atoms with Gasteiger partial charge in [0.25, 0.3) is 0 Å². The molecule has 1 aromatic rings. The normalized spacial score (nSPS) is 12.2. The van der Waals surface area contributed by atoms with Gasteiger partial charge in [-0.2, -0.15) is 0 Å². The number of nitro benzene ring substituents is 1. The maximum absolute atomic E-state index is 10.7. The lowest BCUT2D eigenvalue weighted by Crippen LogP contribution is -2.23. The lowest BCUT2D eigenvalue weighted by molar-refractivity contribution is -0.386. The number of para-hydroxylation sites is 1. The van der Waals surface area contributed by atoms with Crippen LogP contribution < -0.4 is 10.5 Å². The molecule has 0 saturated heterocycles. The van der Waals surface area contributed by atoms with E-state index in [2.05, 4.69) is 15.9 Å². The van der Waals surface area contributed by atoms with E-state index in [9.17, 15) is 10.1 Å². The molecule has 2 N–H and O–H groups in total. The van der Waals surface area contributed by atoms with E-state index >= 15 is 0 Å². The van der Waals surface area contributed by atoms with E-state index < -0.39 is 4.92 Å². The zero-order valence-corrected chi connectivity index (χ0v) is 9.73. The molecule has 0 heterocycles. The zero-order valence-electron chi connectivity index (χ0n) is 8.14. The van der Waals surface area contributed by atoms with Gasteiger partial charge >= 0.3 is 5.69 Å². The van der Waals surface area contributed by atoms with Gasteiger partial charge in [0.05, 0.1) is 9.40 Å². The van der Waals surface area contributed by atoms with Crippen LogP contribution in [0.1, 0.15) is 6.92 Å². The van der Waals surface area contributed by atoms with Crippen LogP contribution in [0.25, 0.3) is 0 Å². The first-order chi connectivity index (χ1) is 7.06. The second-order valence-electron chi connectivity index (χ2n) is 3.01. The van der Waals surface area contributed by atoms with Crippen molar-refractivity contribution in [2.75, 3.05) is 6.54 Å². The lowest BCUT2D eigenvalue weighted by atomic mass is 10.3. The van der Waals surface area contributed by atoms with Crippen molar-refractivity contribution in [1.29, 1.82) is 0 Å². The van der Waals surface area contributed by atoms with Crippen molar-refractivity contribution in [3.8, 4) is 5.75 Å². The van der Waals surface area contributed by atoms with Crippen LogP contribution in [0.3, 0.4) is 0 Å². The van der Waals surface area contributed by atoms with Crippen molar-refractivity contribution in [3.63, 3.8) is 0 Å². The average Bonchev–Trinajstić information content (AvgIpc) is 2.20. The Morgan fingerprint density at radius 3 is 2.87 bits per heavy atom. The molecule has 6 heteroatoms. The van der Waals surface area contributed by atoms with Gasteiger partial charge in [-0.3, -0.25) is 10.1 Å². The van der Waals surface area contributed by atoms with E-state index in [-0.39, 0.29) is 17.5 Å². The van der Waals surface area contributed by atoms with Crippen LogP contribution in [-0.4, -0.2) is 17.6 Å². The first-order valence-electron chi connectivity index (χ1n) is 4.36. The Morgan fingerprint density at radius 1 is 1.67 bits per heavy atom. The van der Waals surface area contributed by atoms with Gasteiger partial charge in [-0.15, -0.1) is 0 Å². The quantitative estimate of drug-likeness (QED) is 0.674. The molecule has 0 fully saturated rings. The molecule has 0 amide bonds. The van der Waals surface area contributed by atoms with Crippen molar-refractivity contribution in [2.24, 2.45) is 5.73 Å². The summed E-state index contributed by atoms with van der Waals surface area (Å²) in [6, 6.07) is 4.66. The number of nitrogens with zero attached hydrogens (tertiary/aromatic N) is 1. The van der Waals surface area contributed by atoms with Crippen molar-refractivity contribution < 1.29 is 9.66 Å². The molecule has 1 atom stereocenters. The van der Waals surface area contributed by atoms with E-state index in [0.717, 1.165) is 0 Å². The van der Waals surface area contributed by atoms with Crippen LogP contribution in [0.4, 0.5) is 5.69 Å². The Morgan fingerprint density at radius 2 is 2.33 bits per heavy atom. The van der Waals surface area contributed by atoms with Crippen LogP contribution in [0.15, 0.2) is 22.7 Å². The number of nitro groups is 1. The minimum absolute atomic E-state index is 0.0651. The SMILES string of the molecule is CC(CN)Oc1c(Br)cccc1[N+](=O)[O-]. The predicted molar refractivity (Wildman–Crippen MR) is 59.9 cm³/mol. The highest BCUT2D eigenvalue weighted by Crippen LogP contribution is 2.35. The first-order valence-corrected chi connectivity index (χ1v) is 5.15. The Labute approximate surface area is 95.5 Å². The van der Waals surface area contributed by atoms with E-state index in [0.29, 0.717) is 11.0 Å². The number of ether oxygens (including phenoxy) is 1. The van der Waals surface area contributed by atoms with E-state index in [1.165, 1.54) is 6.07 Å². The highest BCUT2D eigenvalue weighted by Gasteiger charge is 2.19. The fourth-order valence-corrected chi connectivity index (χ4v) is 1.46. The lowest BCUT2D eigenvalue weighted by Gasteiger charge is -2.13. The molecule has 15 heavy (non-hydrogen) atoms. The summed E-state index contributed by atoms with van der Waals surface area (Å²) in [6.45, 7) is 2.06. The van der Waals surface area contributed by atoms with Gasteiger partial charge in [0.2, 0.25) is 5.75 Å². The van der Waals surface area contributed by atoms with Crippen LogP contribution in [-0.2, 0) is 0 Å². The number of benzene rings is 1. The summed E-state index contributed by atoms with van der Waals surface area (Å²) in [5.74, 6) is 0.223. The van der Waals surface area contributed by atoms with Gasteiger partial charge in [0.1, 0.15) is 6.10 Å². The predicted octanol–water partition coefficient (Wildman–Crippen LogP) is 2.08. The summed E-state index contributed by atoms with van der Waals surface area (Å²) in [6.07, 6.45) is -0.262. The third-order valence-corrected chi connectivity index (χ3v) is 2.42. The molecule has 82 valence electrons. The third kappa shape index (κ3) is 2.90. The number of nitrogens with two attached hydrogens (primary N) is 1. The van der Waals surface area contributed by atoms with Crippen LogP contribution >= 0.6 is 15.9 Å². The molecule has 5 nitrogen and oxygen atoms in total. The Kier molecular flexibility index (Phi) is 4.05. The highest BCUT2D eigenvalue weighted by molar-refractivity contribution is 9.10. The van der Waals surface area contributed by atoms with Crippen molar-refractivity contribution in [2.45, 2.75) is 13.0 Å². The standard InChI is InChI=1S/C9H11BrN2O3/c1-6(5-11)15-9-7(10)3-2-4-8(9)12(13)14/h2-4,6H,5,11H2,1H3. The monoisotopic (exact) mass is 274 g/mol. The molecular formula is C9H11BrN2O3. The molecule has 0 radical (unpaired) electrons. The Hall–Kier alpha value is -1.14. The number of halogens is 1. The van der Waals surface area contributed by atoms with Gasteiger partial charge in [0.15, 0.2) is 0 Å². The second kappa shape index (κ2) is 5.09. The van der Waals surface area contributed by atoms with Gasteiger partial charge in [-0.1, -0.05) is 6.07 Å². The number of hydrogen-bond acceptors (Lipinski definition) is 4. The summed E-state index contributed by atoms with van der Waals surface area (Å²) in [5, 5.41) is 10.7. The van der Waals surface area contributed by atoms with Crippen molar-refractivity contribution in [1.82, 2.24) is 0 Å². The molecule has 0 aromatic heterocycles.